The Bertz CT molecular complexity index is 1010. The van der Waals surface area contributed by atoms with E-state index in [1.165, 1.54) is 10.9 Å². The Morgan fingerprint density at radius 2 is 1.96 bits per heavy atom. The minimum absolute atomic E-state index is 0.0545. The summed E-state index contributed by atoms with van der Waals surface area (Å²) in [5.41, 5.74) is 2.43. The Balaban J connectivity index is 1.70. The minimum Gasteiger partial charge on any atom is -0.341 e. The monoisotopic (exact) mass is 369 g/mol. The first-order chi connectivity index (χ1) is 12.5. The van der Waals surface area contributed by atoms with E-state index in [-0.39, 0.29) is 17.9 Å². The molecular formula is C20H20ClN3O2. The summed E-state index contributed by atoms with van der Waals surface area (Å²) in [6.07, 6.45) is 1.73. The number of carbonyl (C=O) groups excluding carboxylic acids is 1. The zero-order chi connectivity index (χ0) is 18.7. The van der Waals surface area contributed by atoms with Crippen LogP contribution >= 0.6 is 11.6 Å². The summed E-state index contributed by atoms with van der Waals surface area (Å²) < 4.78 is 1.49. The number of aromatic nitrogens is 2. The summed E-state index contributed by atoms with van der Waals surface area (Å²) in [6.45, 7) is 2.65. The Morgan fingerprint density at radius 3 is 2.73 bits per heavy atom. The number of fused-ring (bicyclic) bond motifs is 1. The molecule has 3 rings (SSSR count). The molecule has 1 aromatic heterocycles. The number of amides is 1. The van der Waals surface area contributed by atoms with Crippen LogP contribution in [0.2, 0.25) is 5.02 Å². The van der Waals surface area contributed by atoms with Crippen LogP contribution < -0.4 is 5.56 Å². The molecule has 0 fully saturated rings. The number of aryl methyl sites for hydroxylation is 2. The molecule has 0 saturated carbocycles. The highest BCUT2D eigenvalue weighted by atomic mass is 35.5. The van der Waals surface area contributed by atoms with Crippen LogP contribution in [0.15, 0.2) is 53.6 Å². The highest BCUT2D eigenvalue weighted by Crippen LogP contribution is 2.17. The van der Waals surface area contributed by atoms with E-state index >= 15 is 0 Å². The third-order valence-corrected chi connectivity index (χ3v) is 4.78. The van der Waals surface area contributed by atoms with Gasteiger partial charge in [-0.15, -0.1) is 0 Å². The van der Waals surface area contributed by atoms with Crippen LogP contribution in [0.1, 0.15) is 17.5 Å². The lowest BCUT2D eigenvalue weighted by atomic mass is 10.1. The predicted octanol–water partition coefficient (Wildman–Crippen LogP) is 3.41. The Morgan fingerprint density at radius 1 is 1.19 bits per heavy atom. The number of para-hydroxylation sites is 1. The number of carbonyl (C=O) groups is 1. The Kier molecular flexibility index (Phi) is 5.38. The van der Waals surface area contributed by atoms with Crippen LogP contribution in [0.3, 0.4) is 0 Å². The lowest BCUT2D eigenvalue weighted by molar-refractivity contribution is -0.130. The highest BCUT2D eigenvalue weighted by molar-refractivity contribution is 6.31. The van der Waals surface area contributed by atoms with Crippen molar-refractivity contribution in [1.82, 2.24) is 14.5 Å². The van der Waals surface area contributed by atoms with Crippen LogP contribution in [0.4, 0.5) is 0 Å². The largest absolute Gasteiger partial charge is 0.341 e. The molecule has 0 unspecified atom stereocenters. The lowest BCUT2D eigenvalue weighted by Crippen LogP contribution is -2.29. The number of rotatable bonds is 5. The van der Waals surface area contributed by atoms with Crippen molar-refractivity contribution >= 4 is 28.4 Å². The van der Waals surface area contributed by atoms with Gasteiger partial charge in [-0.1, -0.05) is 41.9 Å². The Hall–Kier alpha value is -2.66. The van der Waals surface area contributed by atoms with Crippen molar-refractivity contribution in [3.63, 3.8) is 0 Å². The molecule has 0 saturated heterocycles. The van der Waals surface area contributed by atoms with Gasteiger partial charge in [0, 0.05) is 31.6 Å². The van der Waals surface area contributed by atoms with Crippen LogP contribution in [-0.2, 0) is 17.9 Å². The van der Waals surface area contributed by atoms with Crippen LogP contribution in [0.25, 0.3) is 10.9 Å². The fourth-order valence-electron chi connectivity index (χ4n) is 2.87. The second-order valence-electron chi connectivity index (χ2n) is 6.31. The van der Waals surface area contributed by atoms with Gasteiger partial charge in [0.15, 0.2) is 0 Å². The summed E-state index contributed by atoms with van der Waals surface area (Å²) in [4.78, 5) is 31.0. The van der Waals surface area contributed by atoms with Gasteiger partial charge < -0.3 is 4.90 Å². The molecule has 0 atom stereocenters. The smallest absolute Gasteiger partial charge is 0.261 e. The molecule has 0 aliphatic carbocycles. The number of hydrogen-bond acceptors (Lipinski definition) is 3. The van der Waals surface area contributed by atoms with E-state index in [0.29, 0.717) is 29.0 Å². The number of hydrogen-bond donors (Lipinski definition) is 0. The van der Waals surface area contributed by atoms with E-state index in [1.54, 1.807) is 24.1 Å². The van der Waals surface area contributed by atoms with Gasteiger partial charge in [-0.2, -0.15) is 0 Å². The molecular weight excluding hydrogens is 350 g/mol. The van der Waals surface area contributed by atoms with Crippen LogP contribution in [-0.4, -0.2) is 27.4 Å². The zero-order valence-electron chi connectivity index (χ0n) is 14.8. The van der Waals surface area contributed by atoms with E-state index in [0.717, 1.165) is 11.1 Å². The summed E-state index contributed by atoms with van der Waals surface area (Å²) >= 11 is 6.14. The first-order valence-electron chi connectivity index (χ1n) is 8.39. The molecule has 1 amide bonds. The highest BCUT2D eigenvalue weighted by Gasteiger charge is 2.12. The fourth-order valence-corrected chi connectivity index (χ4v) is 3.07. The first-order valence-corrected chi connectivity index (χ1v) is 8.77. The molecule has 0 spiro atoms. The van der Waals surface area contributed by atoms with Crippen molar-refractivity contribution in [1.29, 1.82) is 0 Å². The summed E-state index contributed by atoms with van der Waals surface area (Å²) in [5.74, 6) is -0.0545. The van der Waals surface area contributed by atoms with E-state index in [2.05, 4.69) is 4.98 Å². The summed E-state index contributed by atoms with van der Waals surface area (Å²) in [6, 6.07) is 13.0. The average Bonchev–Trinajstić information content (AvgIpc) is 2.63. The lowest BCUT2D eigenvalue weighted by Gasteiger charge is -2.18. The molecule has 2 aromatic carbocycles. The van der Waals surface area contributed by atoms with Crippen molar-refractivity contribution in [3.05, 3.63) is 75.3 Å². The third kappa shape index (κ3) is 3.78. The average molecular weight is 370 g/mol. The summed E-state index contributed by atoms with van der Waals surface area (Å²) in [5, 5.41) is 1.21. The fraction of sp³-hybridized carbons (Fsp3) is 0.250. The van der Waals surface area contributed by atoms with Crippen LogP contribution in [0, 0.1) is 6.92 Å². The summed E-state index contributed by atoms with van der Waals surface area (Å²) in [7, 11) is 1.73. The maximum absolute atomic E-state index is 12.6. The van der Waals surface area contributed by atoms with E-state index in [9.17, 15) is 9.59 Å². The van der Waals surface area contributed by atoms with Crippen molar-refractivity contribution < 1.29 is 4.79 Å². The molecule has 0 N–H and O–H groups in total. The molecule has 26 heavy (non-hydrogen) atoms. The van der Waals surface area contributed by atoms with Crippen molar-refractivity contribution in [2.75, 3.05) is 7.05 Å². The molecule has 134 valence electrons. The first kappa shape index (κ1) is 18.1. The molecule has 3 aromatic rings. The SMILES string of the molecule is Cc1cccc2c(=O)n(CCC(=O)N(C)Cc3ccccc3Cl)cnc12. The second kappa shape index (κ2) is 7.70. The molecule has 1 heterocycles. The van der Waals surface area contributed by atoms with Gasteiger partial charge in [0.25, 0.3) is 5.56 Å². The van der Waals surface area contributed by atoms with Gasteiger partial charge in [-0.3, -0.25) is 14.2 Å². The zero-order valence-corrected chi connectivity index (χ0v) is 15.5. The van der Waals surface area contributed by atoms with Gasteiger partial charge in [0.1, 0.15) is 0 Å². The van der Waals surface area contributed by atoms with E-state index in [1.807, 2.05) is 37.3 Å². The van der Waals surface area contributed by atoms with Crippen molar-refractivity contribution in [2.45, 2.75) is 26.4 Å². The van der Waals surface area contributed by atoms with Gasteiger partial charge in [0.2, 0.25) is 5.91 Å². The molecule has 0 bridgehead atoms. The van der Waals surface area contributed by atoms with Crippen LogP contribution in [0.5, 0.6) is 0 Å². The molecule has 0 aliphatic rings. The molecule has 5 nitrogen and oxygen atoms in total. The molecule has 0 aliphatic heterocycles. The normalized spacial score (nSPS) is 10.9. The van der Waals surface area contributed by atoms with Crippen molar-refractivity contribution in [3.8, 4) is 0 Å². The predicted molar refractivity (Wildman–Crippen MR) is 103 cm³/mol. The minimum atomic E-state index is -0.125. The van der Waals surface area contributed by atoms with Gasteiger partial charge in [0.05, 0.1) is 17.2 Å². The van der Waals surface area contributed by atoms with Gasteiger partial charge in [-0.25, -0.2) is 4.98 Å². The maximum atomic E-state index is 12.6. The molecule has 6 heteroatoms. The van der Waals surface area contributed by atoms with Gasteiger partial charge >= 0.3 is 0 Å². The van der Waals surface area contributed by atoms with E-state index < -0.39 is 0 Å². The van der Waals surface area contributed by atoms with Crippen molar-refractivity contribution in [2.24, 2.45) is 0 Å². The quantitative estimate of drug-likeness (QED) is 0.692. The van der Waals surface area contributed by atoms with E-state index in [4.69, 9.17) is 11.6 Å². The van der Waals surface area contributed by atoms with Gasteiger partial charge in [-0.05, 0) is 30.2 Å². The third-order valence-electron chi connectivity index (χ3n) is 4.41. The number of benzene rings is 2. The molecule has 0 radical (unpaired) electrons. The second-order valence-corrected chi connectivity index (χ2v) is 6.71. The standard InChI is InChI=1S/C20H20ClN3O2/c1-14-6-5-8-16-19(14)22-13-24(20(16)26)11-10-18(25)23(2)12-15-7-3-4-9-17(15)21/h3-9,13H,10-12H2,1-2H3. The number of halogens is 1. The topological polar surface area (TPSA) is 55.2 Å². The Labute approximate surface area is 156 Å². The maximum Gasteiger partial charge on any atom is 0.261 e. The number of nitrogens with zero attached hydrogens (tertiary/aromatic N) is 3.